The van der Waals surface area contributed by atoms with E-state index in [0.717, 1.165) is 23.1 Å². The summed E-state index contributed by atoms with van der Waals surface area (Å²) in [5.74, 6) is -0.264. The number of rotatable bonds is 2. The molecule has 0 aromatic heterocycles. The van der Waals surface area contributed by atoms with E-state index in [4.69, 9.17) is 0 Å². The summed E-state index contributed by atoms with van der Waals surface area (Å²) in [6.07, 6.45) is 1.97. The molecule has 0 amide bonds. The minimum Gasteiger partial charge on any atom is -0.212 e. The standard InChI is InChI=1S/C16H16FNO2S/c1-21(19,20)18-9-8-13-2-3-14(10-15(13)11-18)12-4-6-16(17)7-5-12/h2-7,10H,8-9,11H2,1H3. The SMILES string of the molecule is CS(=O)(=O)N1CCc2ccc(-c3ccc(F)cc3)cc2C1. The van der Waals surface area contributed by atoms with Gasteiger partial charge in [-0.2, -0.15) is 4.31 Å². The number of halogens is 1. The lowest BCUT2D eigenvalue weighted by molar-refractivity contribution is 0.395. The van der Waals surface area contributed by atoms with Crippen LogP contribution in [0, 0.1) is 5.82 Å². The summed E-state index contributed by atoms with van der Waals surface area (Å²) in [6, 6.07) is 12.4. The van der Waals surface area contributed by atoms with Crippen LogP contribution in [0.1, 0.15) is 11.1 Å². The second-order valence-electron chi connectivity index (χ2n) is 5.34. The van der Waals surface area contributed by atoms with Gasteiger partial charge in [-0.05, 0) is 46.9 Å². The Morgan fingerprint density at radius 2 is 1.67 bits per heavy atom. The summed E-state index contributed by atoms with van der Waals surface area (Å²) in [5.41, 5.74) is 4.11. The van der Waals surface area contributed by atoms with E-state index in [9.17, 15) is 12.8 Å². The topological polar surface area (TPSA) is 37.4 Å². The molecule has 0 saturated carbocycles. The predicted molar refractivity (Wildman–Crippen MR) is 80.8 cm³/mol. The minimum atomic E-state index is -3.17. The van der Waals surface area contributed by atoms with Gasteiger partial charge in [0.15, 0.2) is 0 Å². The predicted octanol–water partition coefficient (Wildman–Crippen LogP) is 2.81. The second-order valence-corrected chi connectivity index (χ2v) is 7.32. The van der Waals surface area contributed by atoms with Gasteiger partial charge in [0.1, 0.15) is 5.82 Å². The Kier molecular flexibility index (Phi) is 3.55. The average molecular weight is 305 g/mol. The maximum absolute atomic E-state index is 13.0. The van der Waals surface area contributed by atoms with E-state index in [0.29, 0.717) is 13.1 Å². The summed E-state index contributed by atoms with van der Waals surface area (Å²) in [6.45, 7) is 0.935. The van der Waals surface area contributed by atoms with E-state index in [1.807, 2.05) is 18.2 Å². The van der Waals surface area contributed by atoms with Gasteiger partial charge in [0, 0.05) is 13.1 Å². The zero-order valence-electron chi connectivity index (χ0n) is 11.7. The Labute approximate surface area is 124 Å². The van der Waals surface area contributed by atoms with Gasteiger partial charge >= 0.3 is 0 Å². The molecule has 3 rings (SSSR count). The minimum absolute atomic E-state index is 0.264. The number of sulfonamides is 1. The average Bonchev–Trinajstić information content (AvgIpc) is 2.46. The molecule has 0 spiro atoms. The van der Waals surface area contributed by atoms with Crippen molar-refractivity contribution in [3.05, 3.63) is 59.4 Å². The van der Waals surface area contributed by atoms with Crippen LogP contribution in [-0.2, 0) is 23.0 Å². The van der Waals surface area contributed by atoms with Gasteiger partial charge in [0.2, 0.25) is 10.0 Å². The molecule has 2 aromatic carbocycles. The van der Waals surface area contributed by atoms with E-state index >= 15 is 0 Å². The number of hydrogen-bond acceptors (Lipinski definition) is 2. The molecule has 110 valence electrons. The molecule has 0 unspecified atom stereocenters. The van der Waals surface area contributed by atoms with Crippen LogP contribution in [0.15, 0.2) is 42.5 Å². The molecule has 0 radical (unpaired) electrons. The molecule has 0 bridgehead atoms. The highest BCUT2D eigenvalue weighted by Gasteiger charge is 2.23. The number of nitrogens with zero attached hydrogens (tertiary/aromatic N) is 1. The highest BCUT2D eigenvalue weighted by molar-refractivity contribution is 7.88. The van der Waals surface area contributed by atoms with E-state index in [-0.39, 0.29) is 5.82 Å². The number of hydrogen-bond donors (Lipinski definition) is 0. The molecule has 1 heterocycles. The summed E-state index contributed by atoms with van der Waals surface area (Å²) in [4.78, 5) is 0. The fourth-order valence-electron chi connectivity index (χ4n) is 2.64. The van der Waals surface area contributed by atoms with E-state index < -0.39 is 10.0 Å². The molecule has 3 nitrogen and oxygen atoms in total. The summed E-state index contributed by atoms with van der Waals surface area (Å²) in [7, 11) is -3.17. The Bertz CT molecular complexity index is 769. The number of benzene rings is 2. The quantitative estimate of drug-likeness (QED) is 0.855. The lowest BCUT2D eigenvalue weighted by Gasteiger charge is -2.27. The van der Waals surface area contributed by atoms with Crippen molar-refractivity contribution in [1.29, 1.82) is 0 Å². The molecule has 1 aliphatic rings. The van der Waals surface area contributed by atoms with Gasteiger partial charge in [-0.15, -0.1) is 0 Å². The van der Waals surface area contributed by atoms with Crippen molar-refractivity contribution >= 4 is 10.0 Å². The molecule has 0 saturated heterocycles. The van der Waals surface area contributed by atoms with Gasteiger partial charge < -0.3 is 0 Å². The highest BCUT2D eigenvalue weighted by atomic mass is 32.2. The Hall–Kier alpha value is -1.72. The smallest absolute Gasteiger partial charge is 0.211 e. The first-order chi connectivity index (χ1) is 9.93. The van der Waals surface area contributed by atoms with Crippen LogP contribution in [0.4, 0.5) is 4.39 Å². The Morgan fingerprint density at radius 3 is 2.33 bits per heavy atom. The summed E-state index contributed by atoms with van der Waals surface area (Å²) < 4.78 is 37.8. The fraction of sp³-hybridized carbons (Fsp3) is 0.250. The van der Waals surface area contributed by atoms with Crippen molar-refractivity contribution in [3.63, 3.8) is 0 Å². The summed E-state index contributed by atoms with van der Waals surface area (Å²) >= 11 is 0. The van der Waals surface area contributed by atoms with Crippen molar-refractivity contribution in [3.8, 4) is 11.1 Å². The zero-order valence-corrected chi connectivity index (χ0v) is 12.5. The van der Waals surface area contributed by atoms with Gasteiger partial charge in [-0.25, -0.2) is 12.8 Å². The Morgan fingerprint density at radius 1 is 1.00 bits per heavy atom. The van der Waals surface area contributed by atoms with Crippen LogP contribution < -0.4 is 0 Å². The van der Waals surface area contributed by atoms with Gasteiger partial charge in [-0.1, -0.05) is 24.3 Å². The van der Waals surface area contributed by atoms with E-state index in [1.54, 1.807) is 12.1 Å². The third-order valence-electron chi connectivity index (χ3n) is 3.83. The molecule has 0 fully saturated rings. The van der Waals surface area contributed by atoms with Gasteiger partial charge in [-0.3, -0.25) is 0 Å². The highest BCUT2D eigenvalue weighted by Crippen LogP contribution is 2.27. The molecule has 5 heteroatoms. The van der Waals surface area contributed by atoms with Gasteiger partial charge in [0.05, 0.1) is 6.26 Å². The third-order valence-corrected chi connectivity index (χ3v) is 5.08. The monoisotopic (exact) mass is 305 g/mol. The van der Waals surface area contributed by atoms with Gasteiger partial charge in [0.25, 0.3) is 0 Å². The molecular formula is C16H16FNO2S. The van der Waals surface area contributed by atoms with Crippen LogP contribution >= 0.6 is 0 Å². The maximum atomic E-state index is 13.0. The van der Waals surface area contributed by atoms with E-state index in [1.165, 1.54) is 28.3 Å². The van der Waals surface area contributed by atoms with Crippen LogP contribution in [0.2, 0.25) is 0 Å². The third kappa shape index (κ3) is 2.99. The first-order valence-electron chi connectivity index (χ1n) is 6.76. The van der Waals surface area contributed by atoms with E-state index in [2.05, 4.69) is 0 Å². The van der Waals surface area contributed by atoms with Crippen molar-refractivity contribution in [1.82, 2.24) is 4.31 Å². The maximum Gasteiger partial charge on any atom is 0.211 e. The first-order valence-corrected chi connectivity index (χ1v) is 8.61. The molecule has 21 heavy (non-hydrogen) atoms. The molecule has 0 atom stereocenters. The first kappa shape index (κ1) is 14.2. The normalized spacial score (nSPS) is 15.7. The fourth-order valence-corrected chi connectivity index (χ4v) is 3.43. The largest absolute Gasteiger partial charge is 0.212 e. The molecule has 0 N–H and O–H groups in total. The lowest BCUT2D eigenvalue weighted by atomic mass is 9.95. The molecule has 2 aromatic rings. The van der Waals surface area contributed by atoms with Crippen molar-refractivity contribution in [2.24, 2.45) is 0 Å². The number of fused-ring (bicyclic) bond motifs is 1. The molecule has 1 aliphatic heterocycles. The van der Waals surface area contributed by atoms with Crippen LogP contribution in [0.3, 0.4) is 0 Å². The van der Waals surface area contributed by atoms with Crippen LogP contribution in [0.25, 0.3) is 11.1 Å². The van der Waals surface area contributed by atoms with Crippen LogP contribution in [-0.4, -0.2) is 25.5 Å². The zero-order chi connectivity index (χ0) is 15.0. The van der Waals surface area contributed by atoms with Crippen molar-refractivity contribution < 1.29 is 12.8 Å². The molecular weight excluding hydrogens is 289 g/mol. The summed E-state index contributed by atoms with van der Waals surface area (Å²) in [5, 5.41) is 0. The van der Waals surface area contributed by atoms with Crippen molar-refractivity contribution in [2.45, 2.75) is 13.0 Å². The lowest BCUT2D eigenvalue weighted by Crippen LogP contribution is -2.35. The Balaban J connectivity index is 1.96. The van der Waals surface area contributed by atoms with Crippen molar-refractivity contribution in [2.75, 3.05) is 12.8 Å². The molecule has 0 aliphatic carbocycles. The van der Waals surface area contributed by atoms with Crippen LogP contribution in [0.5, 0.6) is 0 Å². The second kappa shape index (κ2) is 5.24.